The molecule has 0 radical (unpaired) electrons. The first kappa shape index (κ1) is 16.9. The van der Waals surface area contributed by atoms with Gasteiger partial charge >= 0.3 is 0 Å². The van der Waals surface area contributed by atoms with Crippen molar-refractivity contribution >= 4 is 38.7 Å². The summed E-state index contributed by atoms with van der Waals surface area (Å²) in [5, 5.41) is 0.538. The van der Waals surface area contributed by atoms with Crippen molar-refractivity contribution in [2.75, 3.05) is 41.7 Å². The van der Waals surface area contributed by atoms with Crippen LogP contribution in [-0.2, 0) is 14.8 Å². The van der Waals surface area contributed by atoms with Crippen molar-refractivity contribution in [1.82, 2.24) is 0 Å². The maximum absolute atomic E-state index is 12.8. The molecular formula is C16H18ClN3O3S. The number of nitrogens with zero attached hydrogens (tertiary/aromatic N) is 1. The second-order valence-corrected chi connectivity index (χ2v) is 7.53. The van der Waals surface area contributed by atoms with Gasteiger partial charge in [0.1, 0.15) is 4.90 Å². The first-order chi connectivity index (χ1) is 11.5. The number of nitrogens with two attached hydrogens (primary N) is 1. The lowest BCUT2D eigenvalue weighted by Gasteiger charge is -2.30. The number of ether oxygens (including phenoxy) is 1. The molecule has 8 heteroatoms. The van der Waals surface area contributed by atoms with Gasteiger partial charge in [-0.2, -0.15) is 0 Å². The molecule has 2 aromatic rings. The number of morpholine rings is 1. The minimum atomic E-state index is -3.78. The van der Waals surface area contributed by atoms with Crippen molar-refractivity contribution < 1.29 is 13.2 Å². The third-order valence-corrected chi connectivity index (χ3v) is 5.38. The van der Waals surface area contributed by atoms with Crippen LogP contribution in [0.1, 0.15) is 0 Å². The van der Waals surface area contributed by atoms with Crippen LogP contribution in [0.25, 0.3) is 0 Å². The number of halogens is 1. The highest BCUT2D eigenvalue weighted by Crippen LogP contribution is 2.30. The summed E-state index contributed by atoms with van der Waals surface area (Å²) in [5.41, 5.74) is 7.27. The summed E-state index contributed by atoms with van der Waals surface area (Å²) in [5.74, 6) is 0. The Bertz CT molecular complexity index is 819. The number of anilines is 3. The SMILES string of the molecule is Nc1ccc(N2CCOCC2)c(S(=O)(=O)Nc2ccc(Cl)cc2)c1. The van der Waals surface area contributed by atoms with E-state index in [1.807, 2.05) is 4.90 Å². The van der Waals surface area contributed by atoms with Crippen LogP contribution in [0.5, 0.6) is 0 Å². The van der Waals surface area contributed by atoms with Gasteiger partial charge in [-0.15, -0.1) is 0 Å². The molecule has 1 heterocycles. The molecule has 0 bridgehead atoms. The van der Waals surface area contributed by atoms with Crippen molar-refractivity contribution in [3.05, 3.63) is 47.5 Å². The second kappa shape index (κ2) is 6.88. The molecule has 1 saturated heterocycles. The molecule has 3 rings (SSSR count). The van der Waals surface area contributed by atoms with Gasteiger partial charge in [0, 0.05) is 29.5 Å². The highest BCUT2D eigenvalue weighted by atomic mass is 35.5. The minimum absolute atomic E-state index is 0.152. The van der Waals surface area contributed by atoms with Crippen molar-refractivity contribution in [3.8, 4) is 0 Å². The Morgan fingerprint density at radius 2 is 1.75 bits per heavy atom. The van der Waals surface area contributed by atoms with Gasteiger partial charge in [-0.1, -0.05) is 11.6 Å². The highest BCUT2D eigenvalue weighted by molar-refractivity contribution is 7.92. The molecule has 3 N–H and O–H groups in total. The minimum Gasteiger partial charge on any atom is -0.399 e. The Kier molecular flexibility index (Phi) is 4.84. The lowest BCUT2D eigenvalue weighted by molar-refractivity contribution is 0.122. The molecule has 1 aliphatic heterocycles. The molecule has 6 nitrogen and oxygen atoms in total. The first-order valence-corrected chi connectivity index (χ1v) is 9.32. The average molecular weight is 368 g/mol. The van der Waals surface area contributed by atoms with Gasteiger partial charge in [-0.3, -0.25) is 4.72 Å². The molecule has 0 aromatic heterocycles. The van der Waals surface area contributed by atoms with Crippen LogP contribution < -0.4 is 15.4 Å². The third-order valence-electron chi connectivity index (χ3n) is 3.72. The van der Waals surface area contributed by atoms with E-state index in [4.69, 9.17) is 22.1 Å². The van der Waals surface area contributed by atoms with Gasteiger partial charge in [-0.25, -0.2) is 8.42 Å². The molecule has 1 aliphatic rings. The zero-order valence-electron chi connectivity index (χ0n) is 12.9. The molecule has 128 valence electrons. The molecule has 0 spiro atoms. The van der Waals surface area contributed by atoms with E-state index in [1.54, 1.807) is 36.4 Å². The Balaban J connectivity index is 1.96. The van der Waals surface area contributed by atoms with E-state index in [-0.39, 0.29) is 4.90 Å². The normalized spacial score (nSPS) is 15.3. The Hall–Kier alpha value is -1.96. The van der Waals surface area contributed by atoms with Crippen molar-refractivity contribution in [2.24, 2.45) is 0 Å². The Morgan fingerprint density at radius 1 is 1.08 bits per heavy atom. The number of sulfonamides is 1. The highest BCUT2D eigenvalue weighted by Gasteiger charge is 2.23. The van der Waals surface area contributed by atoms with Gasteiger partial charge < -0.3 is 15.4 Å². The van der Waals surface area contributed by atoms with E-state index in [0.717, 1.165) is 0 Å². The average Bonchev–Trinajstić information content (AvgIpc) is 2.57. The summed E-state index contributed by atoms with van der Waals surface area (Å²) in [6.07, 6.45) is 0. The Morgan fingerprint density at radius 3 is 2.42 bits per heavy atom. The second-order valence-electron chi connectivity index (χ2n) is 5.44. The summed E-state index contributed by atoms with van der Waals surface area (Å²) in [7, 11) is -3.78. The fourth-order valence-electron chi connectivity index (χ4n) is 2.54. The number of rotatable bonds is 4. The summed E-state index contributed by atoms with van der Waals surface area (Å²) < 4.78 is 33.6. The number of nitrogen functional groups attached to an aromatic ring is 1. The third kappa shape index (κ3) is 3.75. The van der Waals surface area contributed by atoms with Crippen LogP contribution in [0.15, 0.2) is 47.4 Å². The van der Waals surface area contributed by atoms with Crippen LogP contribution in [0, 0.1) is 0 Å². The number of hydrogen-bond donors (Lipinski definition) is 2. The molecule has 0 atom stereocenters. The number of nitrogens with one attached hydrogen (secondary N) is 1. The van der Waals surface area contributed by atoms with Crippen LogP contribution in [0.4, 0.5) is 17.1 Å². The molecule has 24 heavy (non-hydrogen) atoms. The predicted molar refractivity (Wildman–Crippen MR) is 96.1 cm³/mol. The quantitative estimate of drug-likeness (QED) is 0.811. The number of benzene rings is 2. The van der Waals surface area contributed by atoms with Gasteiger partial charge in [-0.05, 0) is 42.5 Å². The molecule has 1 fully saturated rings. The van der Waals surface area contributed by atoms with Gasteiger partial charge in [0.2, 0.25) is 0 Å². The van der Waals surface area contributed by atoms with Crippen LogP contribution in [-0.4, -0.2) is 34.7 Å². The number of hydrogen-bond acceptors (Lipinski definition) is 5. The lowest BCUT2D eigenvalue weighted by atomic mass is 10.2. The topological polar surface area (TPSA) is 84.7 Å². The van der Waals surface area contributed by atoms with Crippen molar-refractivity contribution in [1.29, 1.82) is 0 Å². The van der Waals surface area contributed by atoms with Crippen LogP contribution >= 0.6 is 11.6 Å². The predicted octanol–water partition coefficient (Wildman–Crippen LogP) is 2.56. The van der Waals surface area contributed by atoms with E-state index in [0.29, 0.717) is 48.4 Å². The van der Waals surface area contributed by atoms with Crippen LogP contribution in [0.3, 0.4) is 0 Å². The van der Waals surface area contributed by atoms with E-state index in [1.165, 1.54) is 6.07 Å². The smallest absolute Gasteiger partial charge is 0.264 e. The van der Waals surface area contributed by atoms with Gasteiger partial charge in [0.15, 0.2) is 0 Å². The summed E-state index contributed by atoms with van der Waals surface area (Å²) >= 11 is 5.84. The summed E-state index contributed by atoms with van der Waals surface area (Å²) in [6, 6.07) is 11.4. The largest absolute Gasteiger partial charge is 0.399 e. The van der Waals surface area contributed by atoms with E-state index in [9.17, 15) is 8.42 Å². The standard InChI is InChI=1S/C16H18ClN3O3S/c17-12-1-4-14(5-2-12)19-24(21,22)16-11-13(18)3-6-15(16)20-7-9-23-10-8-20/h1-6,11,19H,7-10,18H2. The maximum Gasteiger partial charge on any atom is 0.264 e. The van der Waals surface area contributed by atoms with E-state index >= 15 is 0 Å². The lowest BCUT2D eigenvalue weighted by Crippen LogP contribution is -2.37. The molecular weight excluding hydrogens is 350 g/mol. The van der Waals surface area contributed by atoms with Crippen LogP contribution in [0.2, 0.25) is 5.02 Å². The van der Waals surface area contributed by atoms with Crippen molar-refractivity contribution in [2.45, 2.75) is 4.90 Å². The van der Waals surface area contributed by atoms with Gasteiger partial charge in [0.25, 0.3) is 10.0 Å². The summed E-state index contributed by atoms with van der Waals surface area (Å²) in [4.78, 5) is 2.14. The van der Waals surface area contributed by atoms with Crippen molar-refractivity contribution in [3.63, 3.8) is 0 Å². The first-order valence-electron chi connectivity index (χ1n) is 7.46. The summed E-state index contributed by atoms with van der Waals surface area (Å²) in [6.45, 7) is 2.39. The fraction of sp³-hybridized carbons (Fsp3) is 0.250. The zero-order chi connectivity index (χ0) is 17.2. The molecule has 0 amide bonds. The molecule has 2 aromatic carbocycles. The maximum atomic E-state index is 12.8. The monoisotopic (exact) mass is 367 g/mol. The van der Waals surface area contributed by atoms with Gasteiger partial charge in [0.05, 0.1) is 18.9 Å². The molecule has 0 aliphatic carbocycles. The molecule has 0 saturated carbocycles. The fourth-order valence-corrected chi connectivity index (χ4v) is 3.99. The van der Waals surface area contributed by atoms with E-state index in [2.05, 4.69) is 4.72 Å². The Labute approximate surface area is 146 Å². The van der Waals surface area contributed by atoms with E-state index < -0.39 is 10.0 Å². The zero-order valence-corrected chi connectivity index (χ0v) is 14.5. The molecule has 0 unspecified atom stereocenters.